The standard InChI is InChI=1S/C7H5ClN2.C5H3ClN2O2.C4H8O.C2H3.BrH.Mg/c8-7-6-5(1-3-9-6)2-4-10-7;6-5-4(8(9)10)2-1-3-7-5;1-2-4-5-3-1;1-2;;/h1-4,9H;1-3H;1-4H2;1H,2H2;1H;/q;;;-1;;+2/p-1. The fourth-order valence-electron chi connectivity index (χ4n) is 1.97. The van der Waals surface area contributed by atoms with Gasteiger partial charge in [0.1, 0.15) is 0 Å². The Hall–Kier alpha value is -1.23. The van der Waals surface area contributed by atoms with E-state index in [1.54, 1.807) is 6.20 Å². The van der Waals surface area contributed by atoms with Crippen LogP contribution >= 0.6 is 23.2 Å². The van der Waals surface area contributed by atoms with Gasteiger partial charge in [-0.05, 0) is 31.0 Å². The second-order valence-electron chi connectivity index (χ2n) is 4.93. The number of hydrogen-bond acceptors (Lipinski definition) is 5. The average Bonchev–Trinajstić information content (AvgIpc) is 3.39. The largest absolute Gasteiger partial charge is 2.00 e. The number of rotatable bonds is 1. The molecule has 0 unspecified atom stereocenters. The van der Waals surface area contributed by atoms with Crippen molar-refractivity contribution in [2.75, 3.05) is 13.2 Å². The molecule has 3 aromatic rings. The average molecular weight is 514 g/mol. The number of nitrogens with zero attached hydrogens (tertiary/aromatic N) is 3. The number of halogens is 3. The predicted octanol–water partition coefficient (Wildman–Crippen LogP) is 1.88. The fourth-order valence-corrected chi connectivity index (χ4v) is 2.38. The number of aromatic amines is 1. The van der Waals surface area contributed by atoms with Crippen LogP contribution in [0.5, 0.6) is 0 Å². The minimum Gasteiger partial charge on any atom is -1.00 e. The van der Waals surface area contributed by atoms with Crippen molar-refractivity contribution in [3.63, 3.8) is 0 Å². The van der Waals surface area contributed by atoms with Crippen molar-refractivity contribution in [1.82, 2.24) is 15.0 Å². The van der Waals surface area contributed by atoms with Crippen molar-refractivity contribution in [2.45, 2.75) is 12.8 Å². The number of H-pyrrole nitrogens is 1. The molecular formula is C18H19BrCl2MgN4O3. The van der Waals surface area contributed by atoms with Crippen molar-refractivity contribution in [3.8, 4) is 0 Å². The molecule has 7 nitrogen and oxygen atoms in total. The van der Waals surface area contributed by atoms with E-state index in [1.807, 2.05) is 18.3 Å². The van der Waals surface area contributed by atoms with Gasteiger partial charge in [0.2, 0.25) is 5.15 Å². The van der Waals surface area contributed by atoms with Crippen LogP contribution in [0.2, 0.25) is 10.3 Å². The van der Waals surface area contributed by atoms with Crippen LogP contribution in [0.4, 0.5) is 5.69 Å². The summed E-state index contributed by atoms with van der Waals surface area (Å²) < 4.78 is 4.94. The maximum Gasteiger partial charge on any atom is 2.00 e. The first-order valence-corrected chi connectivity index (χ1v) is 8.66. The topological polar surface area (TPSA) is 93.9 Å². The Morgan fingerprint density at radius 3 is 2.17 bits per heavy atom. The number of nitro groups is 1. The van der Waals surface area contributed by atoms with E-state index in [0.717, 1.165) is 24.1 Å². The number of pyridine rings is 2. The molecule has 0 aliphatic carbocycles. The molecule has 152 valence electrons. The van der Waals surface area contributed by atoms with Crippen LogP contribution in [0.25, 0.3) is 10.9 Å². The van der Waals surface area contributed by atoms with Gasteiger partial charge in [-0.1, -0.05) is 23.2 Å². The molecule has 0 spiro atoms. The molecule has 4 heterocycles. The molecule has 1 fully saturated rings. The number of ether oxygens (including phenoxy) is 1. The molecule has 29 heavy (non-hydrogen) atoms. The zero-order chi connectivity index (χ0) is 20.1. The summed E-state index contributed by atoms with van der Waals surface area (Å²) in [5, 5.41) is 11.7. The first kappa shape index (κ1) is 30.0. The molecule has 0 saturated carbocycles. The van der Waals surface area contributed by atoms with Crippen LogP contribution in [-0.2, 0) is 4.74 Å². The van der Waals surface area contributed by atoms with E-state index < -0.39 is 4.92 Å². The summed E-state index contributed by atoms with van der Waals surface area (Å²) in [7, 11) is 0. The zero-order valence-electron chi connectivity index (χ0n) is 15.6. The van der Waals surface area contributed by atoms with Crippen LogP contribution in [0.1, 0.15) is 12.8 Å². The predicted molar refractivity (Wildman–Crippen MR) is 113 cm³/mol. The van der Waals surface area contributed by atoms with Crippen molar-refractivity contribution >= 4 is 62.8 Å². The number of nitrogens with one attached hydrogen (secondary N) is 1. The van der Waals surface area contributed by atoms with E-state index >= 15 is 0 Å². The van der Waals surface area contributed by atoms with E-state index in [4.69, 9.17) is 27.9 Å². The summed E-state index contributed by atoms with van der Waals surface area (Å²) in [4.78, 5) is 20.0. The molecule has 0 aromatic carbocycles. The van der Waals surface area contributed by atoms with Gasteiger partial charge in [-0.3, -0.25) is 16.7 Å². The van der Waals surface area contributed by atoms with Gasteiger partial charge in [0, 0.05) is 43.3 Å². The van der Waals surface area contributed by atoms with Gasteiger partial charge in [-0.2, -0.15) is 0 Å². The first-order chi connectivity index (χ1) is 13.1. The van der Waals surface area contributed by atoms with Gasteiger partial charge in [0.15, 0.2) is 5.15 Å². The molecule has 0 amide bonds. The van der Waals surface area contributed by atoms with E-state index in [1.165, 1.54) is 31.2 Å². The monoisotopic (exact) mass is 512 g/mol. The molecule has 0 atom stereocenters. The van der Waals surface area contributed by atoms with Crippen molar-refractivity contribution < 1.29 is 26.6 Å². The third kappa shape index (κ3) is 10.9. The molecule has 11 heteroatoms. The molecule has 1 aliphatic heterocycles. The summed E-state index contributed by atoms with van der Waals surface area (Å²) in [6, 6.07) is 6.64. The van der Waals surface area contributed by atoms with Gasteiger partial charge < -0.3 is 33.3 Å². The smallest absolute Gasteiger partial charge is 1.00 e. The SMILES string of the molecule is C1CCOC1.Clc1nccc2cc[nH]c12.O=[N+]([O-])c1cccnc1Cl.[Br-].[CH-]=C.[Mg+2]. The summed E-state index contributed by atoms with van der Waals surface area (Å²) >= 11 is 11.1. The quantitative estimate of drug-likeness (QED) is 0.176. The van der Waals surface area contributed by atoms with E-state index in [-0.39, 0.29) is 50.9 Å². The number of aromatic nitrogens is 3. The van der Waals surface area contributed by atoms with Gasteiger partial charge in [-0.15, -0.1) is 0 Å². The summed E-state index contributed by atoms with van der Waals surface area (Å²) in [5.74, 6) is 0. The van der Waals surface area contributed by atoms with E-state index in [0.29, 0.717) is 5.15 Å². The third-order valence-corrected chi connectivity index (χ3v) is 3.77. The Bertz CT molecular complexity index is 843. The Balaban J connectivity index is 0. The minimum atomic E-state index is -0.574. The molecule has 0 bridgehead atoms. The van der Waals surface area contributed by atoms with Crippen molar-refractivity contribution in [2.24, 2.45) is 0 Å². The van der Waals surface area contributed by atoms with Crippen molar-refractivity contribution in [1.29, 1.82) is 0 Å². The minimum absolute atomic E-state index is 0. The molecule has 0 radical (unpaired) electrons. The van der Waals surface area contributed by atoms with E-state index in [9.17, 15) is 10.1 Å². The molecule has 3 aromatic heterocycles. The third-order valence-electron chi connectivity index (χ3n) is 3.19. The van der Waals surface area contributed by atoms with Crippen molar-refractivity contribution in [3.05, 3.63) is 76.4 Å². The maximum absolute atomic E-state index is 10.1. The fraction of sp³-hybridized carbons (Fsp3) is 0.222. The summed E-state index contributed by atoms with van der Waals surface area (Å²) in [6.45, 7) is 9.00. The molecule has 1 aliphatic rings. The second kappa shape index (κ2) is 17.6. The Labute approximate surface area is 205 Å². The summed E-state index contributed by atoms with van der Waals surface area (Å²) in [6.07, 6.45) is 7.49. The van der Waals surface area contributed by atoms with Crippen LogP contribution in [-0.4, -0.2) is 56.1 Å². The molecule has 4 rings (SSSR count). The van der Waals surface area contributed by atoms with Gasteiger partial charge >= 0.3 is 28.7 Å². The van der Waals surface area contributed by atoms with Gasteiger partial charge in [-0.25, -0.2) is 9.97 Å². The van der Waals surface area contributed by atoms with Gasteiger partial charge in [0.05, 0.1) is 10.4 Å². The number of fused-ring (bicyclic) bond motifs is 1. The summed E-state index contributed by atoms with van der Waals surface area (Å²) in [5.41, 5.74) is 0.744. The van der Waals surface area contributed by atoms with Gasteiger partial charge in [0.25, 0.3) is 0 Å². The Morgan fingerprint density at radius 1 is 1.10 bits per heavy atom. The van der Waals surface area contributed by atoms with Crippen LogP contribution in [0.15, 0.2) is 49.4 Å². The first-order valence-electron chi connectivity index (χ1n) is 7.90. The van der Waals surface area contributed by atoms with Crippen LogP contribution < -0.4 is 17.0 Å². The Morgan fingerprint density at radius 2 is 1.72 bits per heavy atom. The maximum atomic E-state index is 10.1. The number of hydrogen-bond donors (Lipinski definition) is 1. The Kier molecular flexibility index (Phi) is 18.2. The molecule has 1 N–H and O–H groups in total. The van der Waals surface area contributed by atoms with E-state index in [2.05, 4.69) is 28.1 Å². The zero-order valence-corrected chi connectivity index (χ0v) is 20.1. The normalized spacial score (nSPS) is 11.1. The molecule has 1 saturated heterocycles. The second-order valence-corrected chi connectivity index (χ2v) is 5.65. The molecular weight excluding hydrogens is 495 g/mol. The van der Waals surface area contributed by atoms with Crippen LogP contribution in [0.3, 0.4) is 0 Å². The van der Waals surface area contributed by atoms with Crippen LogP contribution in [0, 0.1) is 16.7 Å².